The van der Waals surface area contributed by atoms with Gasteiger partial charge in [0, 0.05) is 24.5 Å². The number of rotatable bonds is 8. The largest absolute Gasteiger partial charge is 0.411 e. The third kappa shape index (κ3) is 6.20. The minimum atomic E-state index is -4.26. The van der Waals surface area contributed by atoms with Crippen LogP contribution in [-0.2, 0) is 11.3 Å². The molecule has 0 saturated carbocycles. The van der Waals surface area contributed by atoms with E-state index in [9.17, 15) is 13.2 Å². The number of hydrogen-bond acceptors (Lipinski definition) is 5. The van der Waals surface area contributed by atoms with Gasteiger partial charge in [-0.3, -0.25) is 4.90 Å². The molecule has 0 aromatic carbocycles. The summed E-state index contributed by atoms with van der Waals surface area (Å²) >= 11 is 1.59. The van der Waals surface area contributed by atoms with Gasteiger partial charge in [-0.25, -0.2) is 4.98 Å². The monoisotopic (exact) mass is 337 g/mol. The van der Waals surface area contributed by atoms with E-state index in [0.717, 1.165) is 38.3 Å². The lowest BCUT2D eigenvalue weighted by atomic mass is 10.1. The topological polar surface area (TPSA) is 37.4 Å². The molecule has 4 nitrogen and oxygen atoms in total. The summed E-state index contributed by atoms with van der Waals surface area (Å²) in [6, 6.07) is 0. The number of aromatic nitrogens is 1. The first-order chi connectivity index (χ1) is 10.4. The molecule has 0 amide bonds. The van der Waals surface area contributed by atoms with E-state index in [0.29, 0.717) is 12.5 Å². The fraction of sp³-hybridized carbons (Fsp3) is 0.786. The smallest absolute Gasteiger partial charge is 0.371 e. The molecule has 126 valence electrons. The highest BCUT2D eigenvalue weighted by Crippen LogP contribution is 2.18. The lowest BCUT2D eigenvalue weighted by molar-refractivity contribution is -0.174. The van der Waals surface area contributed by atoms with Crippen LogP contribution in [0, 0.1) is 12.8 Å². The lowest BCUT2D eigenvalue weighted by Crippen LogP contribution is -2.33. The van der Waals surface area contributed by atoms with Crippen molar-refractivity contribution in [3.8, 4) is 0 Å². The molecule has 2 heterocycles. The second kappa shape index (κ2) is 8.24. The summed E-state index contributed by atoms with van der Waals surface area (Å²) in [4.78, 5) is 7.57. The van der Waals surface area contributed by atoms with Gasteiger partial charge in [-0.15, -0.1) is 11.3 Å². The number of hydrogen-bond donors (Lipinski definition) is 1. The van der Waals surface area contributed by atoms with Crippen LogP contribution in [0.3, 0.4) is 0 Å². The van der Waals surface area contributed by atoms with E-state index >= 15 is 0 Å². The third-order valence-electron chi connectivity index (χ3n) is 3.71. The normalized spacial score (nSPS) is 19.2. The predicted molar refractivity (Wildman–Crippen MR) is 80.0 cm³/mol. The molecule has 1 atom stereocenters. The van der Waals surface area contributed by atoms with E-state index in [4.69, 9.17) is 4.74 Å². The van der Waals surface area contributed by atoms with Crippen LogP contribution in [0.5, 0.6) is 0 Å². The maximum Gasteiger partial charge on any atom is 0.411 e. The van der Waals surface area contributed by atoms with Crippen LogP contribution in [0.2, 0.25) is 0 Å². The van der Waals surface area contributed by atoms with Crippen molar-refractivity contribution >= 4 is 11.3 Å². The maximum absolute atomic E-state index is 12.1. The van der Waals surface area contributed by atoms with Gasteiger partial charge in [-0.2, -0.15) is 13.2 Å². The Balaban J connectivity index is 1.82. The van der Waals surface area contributed by atoms with Crippen molar-refractivity contribution in [3.63, 3.8) is 0 Å². The van der Waals surface area contributed by atoms with Crippen molar-refractivity contribution in [3.05, 3.63) is 16.1 Å². The molecule has 0 radical (unpaired) electrons. The van der Waals surface area contributed by atoms with E-state index in [1.54, 1.807) is 16.8 Å². The van der Waals surface area contributed by atoms with Crippen LogP contribution in [-0.4, -0.2) is 55.5 Å². The summed E-state index contributed by atoms with van der Waals surface area (Å²) in [5, 5.41) is 3.32. The third-order valence-corrected chi connectivity index (χ3v) is 4.63. The molecule has 0 aliphatic carbocycles. The Labute approximate surface area is 132 Å². The first-order valence-electron chi connectivity index (χ1n) is 7.40. The molecule has 0 bridgehead atoms. The van der Waals surface area contributed by atoms with Crippen LogP contribution >= 0.6 is 11.3 Å². The second-order valence-corrected chi connectivity index (χ2v) is 6.56. The van der Waals surface area contributed by atoms with Crippen molar-refractivity contribution in [2.24, 2.45) is 5.92 Å². The van der Waals surface area contributed by atoms with Gasteiger partial charge in [0.25, 0.3) is 0 Å². The molecule has 0 spiro atoms. The Morgan fingerprint density at radius 2 is 2.32 bits per heavy atom. The highest BCUT2D eigenvalue weighted by molar-refractivity contribution is 7.09. The van der Waals surface area contributed by atoms with Gasteiger partial charge in [0.05, 0.1) is 17.8 Å². The molecular formula is C14H22F3N3OS. The molecule has 8 heteroatoms. The van der Waals surface area contributed by atoms with Crippen LogP contribution in [0.1, 0.15) is 17.0 Å². The van der Waals surface area contributed by atoms with Gasteiger partial charge in [0.15, 0.2) is 0 Å². The number of halogens is 3. The van der Waals surface area contributed by atoms with Crippen molar-refractivity contribution in [2.75, 3.05) is 39.4 Å². The molecule has 1 N–H and O–H groups in total. The molecule has 1 aliphatic rings. The zero-order valence-corrected chi connectivity index (χ0v) is 13.5. The van der Waals surface area contributed by atoms with Crippen LogP contribution in [0.4, 0.5) is 13.2 Å². The molecular weight excluding hydrogens is 315 g/mol. The summed E-state index contributed by atoms with van der Waals surface area (Å²) < 4.78 is 41.1. The number of alkyl halides is 3. The van der Waals surface area contributed by atoms with E-state index < -0.39 is 12.8 Å². The number of aryl methyl sites for hydroxylation is 1. The summed E-state index contributed by atoms with van der Waals surface area (Å²) in [6.45, 7) is 4.97. The van der Waals surface area contributed by atoms with Crippen molar-refractivity contribution < 1.29 is 17.9 Å². The Bertz CT molecular complexity index is 447. The molecule has 1 aromatic heterocycles. The van der Waals surface area contributed by atoms with Gasteiger partial charge >= 0.3 is 6.18 Å². The average molecular weight is 337 g/mol. The molecule has 1 aromatic rings. The van der Waals surface area contributed by atoms with E-state index in [1.807, 2.05) is 6.92 Å². The van der Waals surface area contributed by atoms with Crippen LogP contribution in [0.25, 0.3) is 0 Å². The molecule has 1 saturated heterocycles. The molecule has 1 aliphatic heterocycles. The van der Waals surface area contributed by atoms with Crippen LogP contribution in [0.15, 0.2) is 5.51 Å². The van der Waals surface area contributed by atoms with Crippen molar-refractivity contribution in [2.45, 2.75) is 26.1 Å². The summed E-state index contributed by atoms with van der Waals surface area (Å²) in [5.41, 5.74) is 2.80. The van der Waals surface area contributed by atoms with Crippen molar-refractivity contribution in [1.82, 2.24) is 15.2 Å². The minimum absolute atomic E-state index is 0.0948. The van der Waals surface area contributed by atoms with Gasteiger partial charge in [0.2, 0.25) is 0 Å². The molecule has 2 rings (SSSR count). The first kappa shape index (κ1) is 17.7. The Morgan fingerprint density at radius 3 is 2.91 bits per heavy atom. The van der Waals surface area contributed by atoms with Gasteiger partial charge in [0.1, 0.15) is 6.61 Å². The molecule has 22 heavy (non-hydrogen) atoms. The maximum atomic E-state index is 12.1. The summed E-state index contributed by atoms with van der Waals surface area (Å²) in [7, 11) is 0. The summed E-state index contributed by atoms with van der Waals surface area (Å²) in [5.74, 6) is 0.552. The Hall–Kier alpha value is -0.700. The van der Waals surface area contributed by atoms with Gasteiger partial charge in [-0.05, 0) is 32.4 Å². The minimum Gasteiger partial charge on any atom is -0.371 e. The number of nitrogens with zero attached hydrogens (tertiary/aromatic N) is 2. The Morgan fingerprint density at radius 1 is 1.50 bits per heavy atom. The highest BCUT2D eigenvalue weighted by Gasteiger charge is 2.27. The first-order valence-corrected chi connectivity index (χ1v) is 8.28. The fourth-order valence-electron chi connectivity index (χ4n) is 2.53. The number of nitrogens with one attached hydrogen (secondary N) is 1. The quantitative estimate of drug-likeness (QED) is 0.740. The second-order valence-electron chi connectivity index (χ2n) is 5.62. The predicted octanol–water partition coefficient (Wildman–Crippen LogP) is 2.44. The number of thiazole rings is 1. The average Bonchev–Trinajstić information content (AvgIpc) is 3.06. The van der Waals surface area contributed by atoms with Crippen LogP contribution < -0.4 is 5.32 Å². The fourth-order valence-corrected chi connectivity index (χ4v) is 3.35. The zero-order valence-electron chi connectivity index (χ0n) is 12.7. The van der Waals surface area contributed by atoms with Gasteiger partial charge in [-0.1, -0.05) is 0 Å². The molecule has 1 fully saturated rings. The van der Waals surface area contributed by atoms with Crippen molar-refractivity contribution in [1.29, 1.82) is 0 Å². The van der Waals surface area contributed by atoms with Gasteiger partial charge < -0.3 is 10.1 Å². The highest BCUT2D eigenvalue weighted by atomic mass is 32.1. The zero-order chi connectivity index (χ0) is 16.0. The lowest BCUT2D eigenvalue weighted by Gasteiger charge is -2.25. The van der Waals surface area contributed by atoms with E-state index in [2.05, 4.69) is 15.2 Å². The molecule has 1 unspecified atom stereocenters. The Kier molecular flexibility index (Phi) is 6.61. The summed E-state index contributed by atoms with van der Waals surface area (Å²) in [6.07, 6.45) is -3.14. The SMILES string of the molecule is Cc1ncsc1CN(CCOCC(F)(F)F)CC1CCNC1. The van der Waals surface area contributed by atoms with E-state index in [1.165, 1.54) is 4.88 Å². The van der Waals surface area contributed by atoms with E-state index in [-0.39, 0.29) is 6.61 Å². The number of ether oxygens (including phenoxy) is 1. The standard InChI is InChI=1S/C14H22F3N3OS/c1-11-13(22-10-19-11)8-20(7-12-2-3-18-6-12)4-5-21-9-14(15,16)17/h10,12,18H,2-9H2,1H3.